The van der Waals surface area contributed by atoms with Gasteiger partial charge >= 0.3 is 0 Å². The lowest BCUT2D eigenvalue weighted by Gasteiger charge is -2.36. The van der Waals surface area contributed by atoms with E-state index in [1.165, 1.54) is 0 Å². The summed E-state index contributed by atoms with van der Waals surface area (Å²) in [7, 11) is 0. The topological polar surface area (TPSA) is 48.5 Å². The van der Waals surface area contributed by atoms with Crippen molar-refractivity contribution in [3.8, 4) is 0 Å². The van der Waals surface area contributed by atoms with E-state index < -0.39 is 0 Å². The highest BCUT2D eigenvalue weighted by Crippen LogP contribution is 2.21. The van der Waals surface area contributed by atoms with E-state index in [1.54, 1.807) is 11.3 Å². The highest BCUT2D eigenvalue weighted by Gasteiger charge is 2.29. The molecule has 21 heavy (non-hydrogen) atoms. The number of hydrogen-bond donors (Lipinski definition) is 1. The maximum Gasteiger partial charge on any atom is 0.227 e. The Bertz CT molecular complexity index is 484. The summed E-state index contributed by atoms with van der Waals surface area (Å²) in [6, 6.07) is 0. The first-order valence-electron chi connectivity index (χ1n) is 7.85. The van der Waals surface area contributed by atoms with Crippen LogP contribution in [-0.4, -0.2) is 60.0 Å². The van der Waals surface area contributed by atoms with Gasteiger partial charge < -0.3 is 10.2 Å². The van der Waals surface area contributed by atoms with Gasteiger partial charge in [0.25, 0.3) is 0 Å². The largest absolute Gasteiger partial charge is 0.340 e. The normalized spacial score (nSPS) is 24.2. The number of amides is 1. The number of nitrogens with one attached hydrogen (secondary N) is 1. The molecular weight excluding hydrogens is 284 g/mol. The second-order valence-electron chi connectivity index (χ2n) is 6.01. The Labute approximate surface area is 130 Å². The molecule has 2 aliphatic rings. The van der Waals surface area contributed by atoms with Crippen molar-refractivity contribution in [2.75, 3.05) is 39.3 Å². The molecule has 1 N–H and O–H groups in total. The predicted octanol–water partition coefficient (Wildman–Crippen LogP) is 1.10. The van der Waals surface area contributed by atoms with Gasteiger partial charge in [-0.05, 0) is 26.3 Å². The molecule has 2 fully saturated rings. The van der Waals surface area contributed by atoms with Gasteiger partial charge in [0.15, 0.2) is 0 Å². The molecule has 1 amide bonds. The monoisotopic (exact) mass is 308 g/mol. The van der Waals surface area contributed by atoms with Crippen molar-refractivity contribution in [3.63, 3.8) is 0 Å². The summed E-state index contributed by atoms with van der Waals surface area (Å²) in [5.41, 5.74) is 1.15. The minimum Gasteiger partial charge on any atom is -0.340 e. The molecule has 1 aromatic rings. The quantitative estimate of drug-likeness (QED) is 0.908. The van der Waals surface area contributed by atoms with Crippen LogP contribution in [0.2, 0.25) is 0 Å². The number of carbonyl (C=O) groups is 1. The molecule has 0 saturated carbocycles. The number of nitrogens with zero attached hydrogens (tertiary/aromatic N) is 3. The first kappa shape index (κ1) is 14.9. The maximum absolute atomic E-state index is 12.6. The zero-order valence-electron chi connectivity index (χ0n) is 12.7. The Hall–Kier alpha value is -0.980. The lowest BCUT2D eigenvalue weighted by Crippen LogP contribution is -2.51. The van der Waals surface area contributed by atoms with Crippen molar-refractivity contribution >= 4 is 17.2 Å². The molecule has 6 heteroatoms. The molecule has 116 valence electrons. The van der Waals surface area contributed by atoms with Crippen molar-refractivity contribution in [2.24, 2.45) is 5.92 Å². The van der Waals surface area contributed by atoms with E-state index in [1.807, 2.05) is 11.8 Å². The van der Waals surface area contributed by atoms with Gasteiger partial charge in [0.05, 0.1) is 16.6 Å². The number of rotatable bonds is 3. The predicted molar refractivity (Wildman–Crippen MR) is 84.3 cm³/mol. The van der Waals surface area contributed by atoms with Crippen molar-refractivity contribution in [2.45, 2.75) is 26.3 Å². The smallest absolute Gasteiger partial charge is 0.227 e. The zero-order chi connectivity index (χ0) is 14.7. The average Bonchev–Trinajstić information content (AvgIpc) is 2.93. The zero-order valence-corrected chi connectivity index (χ0v) is 13.5. The molecule has 3 heterocycles. The summed E-state index contributed by atoms with van der Waals surface area (Å²) in [5.74, 6) is 0.534. The van der Waals surface area contributed by atoms with Gasteiger partial charge in [-0.25, -0.2) is 4.98 Å². The fourth-order valence-electron chi connectivity index (χ4n) is 3.25. The van der Waals surface area contributed by atoms with Gasteiger partial charge in [-0.1, -0.05) is 0 Å². The van der Waals surface area contributed by atoms with Crippen molar-refractivity contribution in [1.82, 2.24) is 20.1 Å². The molecule has 1 unspecified atom stereocenters. The SMILES string of the molecule is Cc1nc(CN2CCCC(C(=O)N3CCNCC3)C2)cs1. The molecule has 2 saturated heterocycles. The maximum atomic E-state index is 12.6. The van der Waals surface area contributed by atoms with Crippen molar-refractivity contribution < 1.29 is 4.79 Å². The summed E-state index contributed by atoms with van der Waals surface area (Å²) in [4.78, 5) is 21.6. The fourth-order valence-corrected chi connectivity index (χ4v) is 3.86. The molecule has 0 radical (unpaired) electrons. The van der Waals surface area contributed by atoms with Crippen LogP contribution in [0.5, 0.6) is 0 Å². The van der Waals surface area contributed by atoms with Gasteiger partial charge in [-0.15, -0.1) is 11.3 Å². The fraction of sp³-hybridized carbons (Fsp3) is 0.733. The van der Waals surface area contributed by atoms with E-state index in [0.29, 0.717) is 5.91 Å². The highest BCUT2D eigenvalue weighted by atomic mass is 32.1. The van der Waals surface area contributed by atoms with Crippen LogP contribution in [0.3, 0.4) is 0 Å². The number of likely N-dealkylation sites (tertiary alicyclic amines) is 1. The molecule has 0 aromatic carbocycles. The number of piperidine rings is 1. The van der Waals surface area contributed by atoms with E-state index in [9.17, 15) is 4.79 Å². The van der Waals surface area contributed by atoms with Crippen molar-refractivity contribution in [3.05, 3.63) is 16.1 Å². The standard InChI is InChI=1S/C15H24N4OS/c1-12-17-14(11-21-12)10-18-6-2-3-13(9-18)15(20)19-7-4-16-5-8-19/h11,13,16H,2-10H2,1H3. The van der Waals surface area contributed by atoms with Gasteiger partial charge in [-0.3, -0.25) is 9.69 Å². The van der Waals surface area contributed by atoms with E-state index in [-0.39, 0.29) is 5.92 Å². The molecule has 2 aliphatic heterocycles. The van der Waals surface area contributed by atoms with Gasteiger partial charge in [0, 0.05) is 44.6 Å². The third-order valence-electron chi connectivity index (χ3n) is 4.34. The Balaban J connectivity index is 1.56. The molecule has 3 rings (SSSR count). The van der Waals surface area contributed by atoms with Crippen LogP contribution < -0.4 is 5.32 Å². The lowest BCUT2D eigenvalue weighted by atomic mass is 9.96. The molecule has 1 atom stereocenters. The number of piperazine rings is 1. The van der Waals surface area contributed by atoms with Crippen LogP contribution in [0.4, 0.5) is 0 Å². The average molecular weight is 308 g/mol. The third kappa shape index (κ3) is 3.81. The minimum absolute atomic E-state index is 0.177. The summed E-state index contributed by atoms with van der Waals surface area (Å²) >= 11 is 1.70. The number of thiazole rings is 1. The van der Waals surface area contributed by atoms with Gasteiger partial charge in [0.2, 0.25) is 5.91 Å². The minimum atomic E-state index is 0.177. The van der Waals surface area contributed by atoms with Crippen LogP contribution in [0.25, 0.3) is 0 Å². The van der Waals surface area contributed by atoms with E-state index in [4.69, 9.17) is 0 Å². The number of hydrogen-bond acceptors (Lipinski definition) is 5. The molecule has 0 aliphatic carbocycles. The highest BCUT2D eigenvalue weighted by molar-refractivity contribution is 7.09. The summed E-state index contributed by atoms with van der Waals surface area (Å²) < 4.78 is 0. The first-order chi connectivity index (χ1) is 10.2. The Morgan fingerprint density at radius 3 is 2.95 bits per heavy atom. The van der Waals surface area contributed by atoms with Crippen LogP contribution in [0.1, 0.15) is 23.5 Å². The molecule has 5 nitrogen and oxygen atoms in total. The van der Waals surface area contributed by atoms with E-state index >= 15 is 0 Å². The second kappa shape index (κ2) is 6.85. The first-order valence-corrected chi connectivity index (χ1v) is 8.73. The van der Waals surface area contributed by atoms with E-state index in [2.05, 4.69) is 20.6 Å². The number of aryl methyl sites for hydroxylation is 1. The van der Waals surface area contributed by atoms with Gasteiger partial charge in [0.1, 0.15) is 0 Å². The summed E-state index contributed by atoms with van der Waals surface area (Å²) in [5, 5.41) is 6.56. The number of carbonyl (C=O) groups excluding carboxylic acids is 1. The van der Waals surface area contributed by atoms with Crippen LogP contribution in [-0.2, 0) is 11.3 Å². The lowest BCUT2D eigenvalue weighted by molar-refractivity contribution is -0.138. The Morgan fingerprint density at radius 1 is 1.43 bits per heavy atom. The Kier molecular flexibility index (Phi) is 4.87. The van der Waals surface area contributed by atoms with Crippen LogP contribution >= 0.6 is 11.3 Å². The second-order valence-corrected chi connectivity index (χ2v) is 7.07. The summed E-state index contributed by atoms with van der Waals surface area (Å²) in [6.07, 6.45) is 2.15. The molecule has 0 spiro atoms. The third-order valence-corrected chi connectivity index (χ3v) is 5.16. The Morgan fingerprint density at radius 2 is 2.24 bits per heavy atom. The summed E-state index contributed by atoms with van der Waals surface area (Å²) in [6.45, 7) is 8.49. The van der Waals surface area contributed by atoms with Crippen molar-refractivity contribution in [1.29, 1.82) is 0 Å². The van der Waals surface area contributed by atoms with Crippen LogP contribution in [0.15, 0.2) is 5.38 Å². The molecule has 0 bridgehead atoms. The van der Waals surface area contributed by atoms with Crippen LogP contribution in [0, 0.1) is 12.8 Å². The number of aromatic nitrogens is 1. The molecular formula is C15H24N4OS. The molecule has 1 aromatic heterocycles. The van der Waals surface area contributed by atoms with E-state index in [0.717, 1.165) is 69.4 Å². The van der Waals surface area contributed by atoms with Gasteiger partial charge in [-0.2, -0.15) is 0 Å².